The number of Topliss-reactive ketones (excluding diaryl/α,β-unsaturated/α-hetero) is 2. The summed E-state index contributed by atoms with van der Waals surface area (Å²) in [6.07, 6.45) is 2.14. The Bertz CT molecular complexity index is 856. The van der Waals surface area contributed by atoms with Gasteiger partial charge in [-0.1, -0.05) is 54.6 Å². The summed E-state index contributed by atoms with van der Waals surface area (Å²) in [7, 11) is 0. The molecule has 0 atom stereocenters. The van der Waals surface area contributed by atoms with Gasteiger partial charge in [-0.2, -0.15) is 0 Å². The molecule has 0 fully saturated rings. The van der Waals surface area contributed by atoms with Gasteiger partial charge < -0.3 is 0 Å². The van der Waals surface area contributed by atoms with E-state index in [1.54, 1.807) is 25.2 Å². The van der Waals surface area contributed by atoms with Crippen LogP contribution in [-0.2, 0) is 0 Å². The predicted octanol–water partition coefficient (Wildman–Crippen LogP) is 5.74. The number of benzene rings is 2. The predicted molar refractivity (Wildman–Crippen MR) is 104 cm³/mol. The van der Waals surface area contributed by atoms with Crippen LogP contribution in [0.25, 0.3) is 11.6 Å². The average Bonchev–Trinajstić information content (AvgIpc) is 3.13. The van der Waals surface area contributed by atoms with Crippen molar-refractivity contribution in [3.05, 3.63) is 93.2 Å². The van der Waals surface area contributed by atoms with Crippen LogP contribution in [0, 0.1) is 0 Å². The van der Waals surface area contributed by atoms with Gasteiger partial charge in [-0.15, -0.1) is 11.3 Å². The van der Waals surface area contributed by atoms with E-state index >= 15 is 0 Å². The highest BCUT2D eigenvalue weighted by atomic mass is 32.1. The third-order valence-corrected chi connectivity index (χ3v) is 4.85. The molecule has 1 heterocycles. The van der Waals surface area contributed by atoms with E-state index in [9.17, 15) is 9.59 Å². The van der Waals surface area contributed by atoms with Gasteiger partial charge in [-0.05, 0) is 48.1 Å². The summed E-state index contributed by atoms with van der Waals surface area (Å²) in [5.74, 6) is 0.113. The van der Waals surface area contributed by atoms with E-state index in [0.29, 0.717) is 11.1 Å². The zero-order valence-electron chi connectivity index (χ0n) is 14.2. The topological polar surface area (TPSA) is 34.1 Å². The van der Waals surface area contributed by atoms with Crippen molar-refractivity contribution in [3.8, 4) is 0 Å². The molecule has 124 valence electrons. The van der Waals surface area contributed by atoms with Crippen LogP contribution < -0.4 is 0 Å². The lowest BCUT2D eigenvalue weighted by atomic mass is 9.95. The van der Waals surface area contributed by atoms with Gasteiger partial charge in [-0.3, -0.25) is 9.59 Å². The number of rotatable bonds is 5. The van der Waals surface area contributed by atoms with E-state index < -0.39 is 0 Å². The molecule has 3 rings (SSSR count). The van der Waals surface area contributed by atoms with Crippen molar-refractivity contribution >= 4 is 34.6 Å². The molecule has 0 saturated carbocycles. The Hall–Kier alpha value is -2.78. The minimum absolute atomic E-state index is 0.0566. The number of hydrogen-bond acceptors (Lipinski definition) is 3. The highest BCUT2D eigenvalue weighted by Gasteiger charge is 2.08. The van der Waals surface area contributed by atoms with Gasteiger partial charge in [0, 0.05) is 16.0 Å². The molecule has 0 N–H and O–H groups in total. The van der Waals surface area contributed by atoms with Crippen LogP contribution in [0.5, 0.6) is 0 Å². The van der Waals surface area contributed by atoms with Crippen molar-refractivity contribution in [2.75, 3.05) is 0 Å². The Kier molecular flexibility index (Phi) is 5.05. The second kappa shape index (κ2) is 7.41. The van der Waals surface area contributed by atoms with Gasteiger partial charge in [0.05, 0.1) is 0 Å². The van der Waals surface area contributed by atoms with Crippen LogP contribution in [0.4, 0.5) is 0 Å². The number of thiophene rings is 1. The van der Waals surface area contributed by atoms with E-state index in [2.05, 4.69) is 12.1 Å². The molecule has 0 bridgehead atoms. The molecule has 0 aliphatic heterocycles. The molecule has 0 amide bonds. The van der Waals surface area contributed by atoms with E-state index in [-0.39, 0.29) is 11.6 Å². The van der Waals surface area contributed by atoms with Crippen LogP contribution in [0.2, 0.25) is 0 Å². The van der Waals surface area contributed by atoms with Gasteiger partial charge >= 0.3 is 0 Å². The maximum absolute atomic E-state index is 11.5. The van der Waals surface area contributed by atoms with Crippen molar-refractivity contribution in [1.82, 2.24) is 0 Å². The second-order valence-corrected chi connectivity index (χ2v) is 6.82. The number of hydrogen-bond donors (Lipinski definition) is 0. The molecule has 25 heavy (non-hydrogen) atoms. The maximum Gasteiger partial charge on any atom is 0.159 e. The SMILES string of the molecule is CC(=O)c1ccc(C(=Cc2cccs2)c2ccc(C(C)=O)cc2)cc1. The highest BCUT2D eigenvalue weighted by molar-refractivity contribution is 7.10. The standard InChI is InChI=1S/C22H18O2S/c1-15(23)17-5-9-19(10-6-17)22(14-21-4-3-13-25-21)20-11-7-18(8-12-20)16(2)24/h3-14H,1-2H3. The lowest BCUT2D eigenvalue weighted by molar-refractivity contribution is 0.100. The first-order valence-corrected chi connectivity index (χ1v) is 8.90. The first-order chi connectivity index (χ1) is 12.0. The summed E-state index contributed by atoms with van der Waals surface area (Å²) in [6, 6.07) is 19.4. The zero-order valence-corrected chi connectivity index (χ0v) is 15.0. The molecule has 0 unspecified atom stereocenters. The van der Waals surface area contributed by atoms with Crippen molar-refractivity contribution in [3.63, 3.8) is 0 Å². The second-order valence-electron chi connectivity index (χ2n) is 5.84. The normalized spacial score (nSPS) is 10.3. The van der Waals surface area contributed by atoms with Crippen molar-refractivity contribution in [1.29, 1.82) is 0 Å². The molecule has 2 aromatic carbocycles. The molecule has 1 aromatic heterocycles. The molecule has 2 nitrogen and oxygen atoms in total. The van der Waals surface area contributed by atoms with Crippen molar-refractivity contribution in [2.45, 2.75) is 13.8 Å². The van der Waals surface area contributed by atoms with Gasteiger partial charge in [0.15, 0.2) is 11.6 Å². The van der Waals surface area contributed by atoms with Crippen molar-refractivity contribution < 1.29 is 9.59 Å². The van der Waals surface area contributed by atoms with Crippen LogP contribution in [-0.4, -0.2) is 11.6 Å². The van der Waals surface area contributed by atoms with Gasteiger partial charge in [-0.25, -0.2) is 0 Å². The molecular formula is C22H18O2S. The summed E-state index contributed by atoms with van der Waals surface area (Å²) < 4.78 is 0. The molecular weight excluding hydrogens is 328 g/mol. The monoisotopic (exact) mass is 346 g/mol. The summed E-state index contributed by atoms with van der Waals surface area (Å²) in [4.78, 5) is 24.2. The van der Waals surface area contributed by atoms with E-state index in [1.807, 2.05) is 60.0 Å². The number of carbonyl (C=O) groups is 2. The Morgan fingerprint density at radius 2 is 1.16 bits per heavy atom. The Morgan fingerprint density at radius 3 is 1.52 bits per heavy atom. The third kappa shape index (κ3) is 4.01. The quantitative estimate of drug-likeness (QED) is 0.552. The van der Waals surface area contributed by atoms with Gasteiger partial charge in [0.2, 0.25) is 0 Å². The molecule has 3 aromatic rings. The van der Waals surface area contributed by atoms with Crippen LogP contribution in [0.15, 0.2) is 66.0 Å². The zero-order chi connectivity index (χ0) is 17.8. The third-order valence-electron chi connectivity index (χ3n) is 4.03. The van der Waals surface area contributed by atoms with Gasteiger partial charge in [0.1, 0.15) is 0 Å². The Balaban J connectivity index is 2.06. The highest BCUT2D eigenvalue weighted by Crippen LogP contribution is 2.28. The molecule has 3 heteroatoms. The lowest BCUT2D eigenvalue weighted by Gasteiger charge is -2.10. The smallest absolute Gasteiger partial charge is 0.159 e. The number of ketones is 2. The van der Waals surface area contributed by atoms with E-state index in [4.69, 9.17) is 0 Å². The van der Waals surface area contributed by atoms with Crippen molar-refractivity contribution in [2.24, 2.45) is 0 Å². The summed E-state index contributed by atoms with van der Waals surface area (Å²) in [5.41, 5.74) is 4.54. The van der Waals surface area contributed by atoms with E-state index in [1.165, 1.54) is 0 Å². The summed E-state index contributed by atoms with van der Waals surface area (Å²) in [5, 5.41) is 2.04. The van der Waals surface area contributed by atoms with Gasteiger partial charge in [0.25, 0.3) is 0 Å². The number of carbonyl (C=O) groups excluding carboxylic acids is 2. The largest absolute Gasteiger partial charge is 0.295 e. The molecule has 0 aliphatic carbocycles. The fourth-order valence-corrected chi connectivity index (χ4v) is 3.28. The van der Waals surface area contributed by atoms with E-state index in [0.717, 1.165) is 21.6 Å². The fraction of sp³-hybridized carbons (Fsp3) is 0.0909. The van der Waals surface area contributed by atoms with Crippen LogP contribution in [0.3, 0.4) is 0 Å². The fourth-order valence-electron chi connectivity index (χ4n) is 2.62. The van der Waals surface area contributed by atoms with Crippen LogP contribution in [0.1, 0.15) is 50.6 Å². The molecule has 0 saturated heterocycles. The Labute approximate surface area is 151 Å². The lowest BCUT2D eigenvalue weighted by Crippen LogP contribution is -1.95. The minimum Gasteiger partial charge on any atom is -0.295 e. The summed E-state index contributed by atoms with van der Waals surface area (Å²) >= 11 is 1.67. The summed E-state index contributed by atoms with van der Waals surface area (Å²) in [6.45, 7) is 3.13. The molecule has 0 aliphatic rings. The maximum atomic E-state index is 11.5. The first kappa shape index (κ1) is 17.1. The first-order valence-electron chi connectivity index (χ1n) is 8.02. The minimum atomic E-state index is 0.0566. The molecule has 0 spiro atoms. The molecule has 0 radical (unpaired) electrons. The Morgan fingerprint density at radius 1 is 0.720 bits per heavy atom. The van der Waals surface area contributed by atoms with Crippen LogP contribution >= 0.6 is 11.3 Å². The average molecular weight is 346 g/mol.